The topological polar surface area (TPSA) is 58.5 Å². The highest BCUT2D eigenvalue weighted by atomic mass is 16.5. The second-order valence-electron chi connectivity index (χ2n) is 4.28. The molecule has 1 aromatic rings. The predicted molar refractivity (Wildman–Crippen MR) is 65.2 cm³/mol. The summed E-state index contributed by atoms with van der Waals surface area (Å²) in [6.07, 6.45) is 0.780. The van der Waals surface area contributed by atoms with Crippen LogP contribution in [-0.4, -0.2) is 47.5 Å². The standard InChI is InChI=1S/C12H19N3O2/c1-3-10-6-9(2)13-12(14-10)15-4-5-17-11(7-15)8-16/h6,11,16H,3-5,7-8H2,1-2H3. The van der Waals surface area contributed by atoms with Gasteiger partial charge in [-0.15, -0.1) is 0 Å². The lowest BCUT2D eigenvalue weighted by Crippen LogP contribution is -2.45. The first-order valence-corrected chi connectivity index (χ1v) is 6.05. The van der Waals surface area contributed by atoms with E-state index in [1.807, 2.05) is 13.0 Å². The van der Waals surface area contributed by atoms with Crippen molar-refractivity contribution in [1.82, 2.24) is 9.97 Å². The molecule has 17 heavy (non-hydrogen) atoms. The van der Waals surface area contributed by atoms with Crippen LogP contribution in [0.1, 0.15) is 18.3 Å². The molecule has 1 atom stereocenters. The Balaban J connectivity index is 2.18. The Morgan fingerprint density at radius 1 is 1.53 bits per heavy atom. The lowest BCUT2D eigenvalue weighted by molar-refractivity contribution is 0.00312. The average Bonchev–Trinajstić information content (AvgIpc) is 2.38. The Labute approximate surface area is 101 Å². The van der Waals surface area contributed by atoms with Gasteiger partial charge in [0.2, 0.25) is 5.95 Å². The van der Waals surface area contributed by atoms with Crippen LogP contribution in [0.5, 0.6) is 0 Å². The van der Waals surface area contributed by atoms with E-state index in [-0.39, 0.29) is 12.7 Å². The highest BCUT2D eigenvalue weighted by Gasteiger charge is 2.21. The van der Waals surface area contributed by atoms with Gasteiger partial charge in [0.25, 0.3) is 0 Å². The second kappa shape index (κ2) is 5.42. The number of aryl methyl sites for hydroxylation is 2. The summed E-state index contributed by atoms with van der Waals surface area (Å²) in [5.74, 6) is 0.753. The molecule has 0 amide bonds. The lowest BCUT2D eigenvalue weighted by atomic mass is 10.2. The summed E-state index contributed by atoms with van der Waals surface area (Å²) in [6.45, 7) is 6.16. The fourth-order valence-corrected chi connectivity index (χ4v) is 1.95. The van der Waals surface area contributed by atoms with E-state index < -0.39 is 0 Å². The molecule has 2 rings (SSSR count). The molecule has 1 saturated heterocycles. The second-order valence-corrected chi connectivity index (χ2v) is 4.28. The van der Waals surface area contributed by atoms with Crippen molar-refractivity contribution in [2.75, 3.05) is 31.2 Å². The number of hydrogen-bond acceptors (Lipinski definition) is 5. The van der Waals surface area contributed by atoms with E-state index in [0.29, 0.717) is 13.2 Å². The molecule has 0 aliphatic carbocycles. The number of aromatic nitrogens is 2. The van der Waals surface area contributed by atoms with E-state index in [2.05, 4.69) is 21.8 Å². The van der Waals surface area contributed by atoms with E-state index in [1.54, 1.807) is 0 Å². The molecule has 1 aromatic heterocycles. The minimum Gasteiger partial charge on any atom is -0.394 e. The smallest absolute Gasteiger partial charge is 0.225 e. The molecule has 5 nitrogen and oxygen atoms in total. The molecule has 1 aliphatic heterocycles. The van der Waals surface area contributed by atoms with Gasteiger partial charge in [0.1, 0.15) is 0 Å². The van der Waals surface area contributed by atoms with E-state index in [9.17, 15) is 0 Å². The molecule has 1 fully saturated rings. The van der Waals surface area contributed by atoms with Crippen molar-refractivity contribution in [3.8, 4) is 0 Å². The molecule has 2 heterocycles. The van der Waals surface area contributed by atoms with Crippen LogP contribution >= 0.6 is 0 Å². The van der Waals surface area contributed by atoms with Crippen LogP contribution in [0.3, 0.4) is 0 Å². The Bertz CT molecular complexity index is 384. The van der Waals surface area contributed by atoms with Gasteiger partial charge in [-0.25, -0.2) is 9.97 Å². The van der Waals surface area contributed by atoms with Gasteiger partial charge in [-0.1, -0.05) is 6.92 Å². The van der Waals surface area contributed by atoms with Crippen molar-refractivity contribution in [2.45, 2.75) is 26.4 Å². The van der Waals surface area contributed by atoms with Crippen LogP contribution in [0, 0.1) is 6.92 Å². The van der Waals surface area contributed by atoms with Gasteiger partial charge < -0.3 is 14.7 Å². The van der Waals surface area contributed by atoms with Crippen molar-refractivity contribution in [1.29, 1.82) is 0 Å². The predicted octanol–water partition coefficient (Wildman–Crippen LogP) is 0.545. The highest BCUT2D eigenvalue weighted by Crippen LogP contribution is 2.14. The van der Waals surface area contributed by atoms with E-state index in [1.165, 1.54) is 0 Å². The normalized spacial score (nSPS) is 20.6. The third-order valence-corrected chi connectivity index (χ3v) is 2.88. The van der Waals surface area contributed by atoms with E-state index >= 15 is 0 Å². The third-order valence-electron chi connectivity index (χ3n) is 2.88. The molecule has 5 heteroatoms. The minimum atomic E-state index is -0.127. The van der Waals surface area contributed by atoms with Crippen LogP contribution in [-0.2, 0) is 11.2 Å². The maximum Gasteiger partial charge on any atom is 0.225 e. The van der Waals surface area contributed by atoms with Gasteiger partial charge in [0, 0.05) is 24.5 Å². The molecule has 0 saturated carbocycles. The van der Waals surface area contributed by atoms with Crippen LogP contribution < -0.4 is 4.90 Å². The first-order chi connectivity index (χ1) is 8.22. The van der Waals surface area contributed by atoms with Crippen LogP contribution in [0.4, 0.5) is 5.95 Å². The number of rotatable bonds is 3. The van der Waals surface area contributed by atoms with Crippen molar-refractivity contribution in [3.63, 3.8) is 0 Å². The SMILES string of the molecule is CCc1cc(C)nc(N2CCOC(CO)C2)n1. The van der Waals surface area contributed by atoms with Gasteiger partial charge in [0.05, 0.1) is 19.3 Å². The molecule has 0 aromatic carbocycles. The lowest BCUT2D eigenvalue weighted by Gasteiger charge is -2.32. The molecule has 0 bridgehead atoms. The first kappa shape index (κ1) is 12.3. The summed E-state index contributed by atoms with van der Waals surface area (Å²) in [6, 6.07) is 2.01. The molecule has 1 aliphatic rings. The molecule has 0 spiro atoms. The van der Waals surface area contributed by atoms with Crippen molar-refractivity contribution >= 4 is 5.95 Å². The number of aliphatic hydroxyl groups excluding tert-OH is 1. The Kier molecular flexibility index (Phi) is 3.91. The van der Waals surface area contributed by atoms with Crippen molar-refractivity contribution in [3.05, 3.63) is 17.5 Å². The maximum absolute atomic E-state index is 9.12. The van der Waals surface area contributed by atoms with E-state index in [0.717, 1.165) is 30.3 Å². The summed E-state index contributed by atoms with van der Waals surface area (Å²) < 4.78 is 5.42. The molecule has 94 valence electrons. The number of ether oxygens (including phenoxy) is 1. The summed E-state index contributed by atoms with van der Waals surface area (Å²) >= 11 is 0. The van der Waals surface area contributed by atoms with E-state index in [4.69, 9.17) is 9.84 Å². The van der Waals surface area contributed by atoms with Crippen LogP contribution in [0.15, 0.2) is 6.07 Å². The zero-order valence-electron chi connectivity index (χ0n) is 10.4. The molecular formula is C12H19N3O2. The zero-order chi connectivity index (χ0) is 12.3. The zero-order valence-corrected chi connectivity index (χ0v) is 10.4. The van der Waals surface area contributed by atoms with Gasteiger partial charge >= 0.3 is 0 Å². The number of morpholine rings is 1. The third kappa shape index (κ3) is 2.92. The van der Waals surface area contributed by atoms with Crippen molar-refractivity contribution in [2.24, 2.45) is 0 Å². The largest absolute Gasteiger partial charge is 0.394 e. The monoisotopic (exact) mass is 237 g/mol. The first-order valence-electron chi connectivity index (χ1n) is 6.05. The van der Waals surface area contributed by atoms with Gasteiger partial charge in [0.15, 0.2) is 0 Å². The molecular weight excluding hydrogens is 218 g/mol. The van der Waals surface area contributed by atoms with Crippen LogP contribution in [0.2, 0.25) is 0 Å². The number of anilines is 1. The summed E-state index contributed by atoms with van der Waals surface area (Å²) in [4.78, 5) is 11.1. The Hall–Kier alpha value is -1.20. The Morgan fingerprint density at radius 2 is 2.35 bits per heavy atom. The summed E-state index contributed by atoms with van der Waals surface area (Å²) in [5.41, 5.74) is 2.04. The quantitative estimate of drug-likeness (QED) is 0.831. The number of nitrogens with zero attached hydrogens (tertiary/aromatic N) is 3. The van der Waals surface area contributed by atoms with Gasteiger partial charge in [-0.05, 0) is 19.4 Å². The van der Waals surface area contributed by atoms with Gasteiger partial charge in [-0.2, -0.15) is 0 Å². The molecule has 1 unspecified atom stereocenters. The summed E-state index contributed by atoms with van der Waals surface area (Å²) in [5, 5.41) is 9.12. The minimum absolute atomic E-state index is 0.0446. The molecule has 1 N–H and O–H groups in total. The summed E-state index contributed by atoms with van der Waals surface area (Å²) in [7, 11) is 0. The average molecular weight is 237 g/mol. The highest BCUT2D eigenvalue weighted by molar-refractivity contribution is 5.33. The van der Waals surface area contributed by atoms with Crippen molar-refractivity contribution < 1.29 is 9.84 Å². The number of aliphatic hydroxyl groups is 1. The number of hydrogen-bond donors (Lipinski definition) is 1. The maximum atomic E-state index is 9.12. The fraction of sp³-hybridized carbons (Fsp3) is 0.667. The Morgan fingerprint density at radius 3 is 3.06 bits per heavy atom. The van der Waals surface area contributed by atoms with Gasteiger partial charge in [-0.3, -0.25) is 0 Å². The van der Waals surface area contributed by atoms with Crippen LogP contribution in [0.25, 0.3) is 0 Å². The molecule has 0 radical (unpaired) electrons. The fourth-order valence-electron chi connectivity index (χ4n) is 1.95.